The molecule has 2 unspecified atom stereocenters. The number of tetrazole rings is 1. The van der Waals surface area contributed by atoms with Crippen molar-refractivity contribution in [3.63, 3.8) is 0 Å². The standard InChI is InChI=1S/C13H16FN5/c1-3-8-5-11(8)19-13(16-17-18-19)10-6-9(15)4-7(2)12(10)14/h4,6,8,11H,3,5,15H2,1-2H3. The van der Waals surface area contributed by atoms with Gasteiger partial charge < -0.3 is 5.73 Å². The van der Waals surface area contributed by atoms with Crippen LogP contribution in [0.25, 0.3) is 11.4 Å². The molecule has 0 aliphatic heterocycles. The first-order chi connectivity index (χ1) is 9.11. The number of hydrogen-bond donors (Lipinski definition) is 1. The maximum absolute atomic E-state index is 14.2. The van der Waals surface area contributed by atoms with E-state index in [0.717, 1.165) is 12.8 Å². The number of aromatic nitrogens is 4. The van der Waals surface area contributed by atoms with Gasteiger partial charge in [-0.05, 0) is 47.4 Å². The molecule has 19 heavy (non-hydrogen) atoms. The summed E-state index contributed by atoms with van der Waals surface area (Å²) in [7, 11) is 0. The maximum atomic E-state index is 14.2. The monoisotopic (exact) mass is 261 g/mol. The summed E-state index contributed by atoms with van der Waals surface area (Å²) in [6, 6.07) is 3.49. The van der Waals surface area contributed by atoms with Crippen molar-refractivity contribution in [3.05, 3.63) is 23.5 Å². The Balaban J connectivity index is 2.06. The van der Waals surface area contributed by atoms with Gasteiger partial charge in [0.05, 0.1) is 11.6 Å². The number of hydrogen-bond acceptors (Lipinski definition) is 4. The van der Waals surface area contributed by atoms with Crippen LogP contribution >= 0.6 is 0 Å². The van der Waals surface area contributed by atoms with E-state index in [2.05, 4.69) is 22.4 Å². The van der Waals surface area contributed by atoms with Crippen molar-refractivity contribution in [3.8, 4) is 11.4 Å². The van der Waals surface area contributed by atoms with Crippen LogP contribution in [0.2, 0.25) is 0 Å². The average molecular weight is 261 g/mol. The van der Waals surface area contributed by atoms with Gasteiger partial charge in [-0.2, -0.15) is 0 Å². The SMILES string of the molecule is CCC1CC1n1nnnc1-c1cc(N)cc(C)c1F. The van der Waals surface area contributed by atoms with Gasteiger partial charge in [0.15, 0.2) is 5.82 Å². The first-order valence-electron chi connectivity index (χ1n) is 6.45. The van der Waals surface area contributed by atoms with E-state index in [9.17, 15) is 4.39 Å². The molecule has 6 heteroatoms. The van der Waals surface area contributed by atoms with Crippen LogP contribution in [0.3, 0.4) is 0 Å². The van der Waals surface area contributed by atoms with Gasteiger partial charge in [0.1, 0.15) is 5.82 Å². The molecule has 2 aromatic rings. The smallest absolute Gasteiger partial charge is 0.185 e. The largest absolute Gasteiger partial charge is 0.399 e. The third kappa shape index (κ3) is 1.97. The molecule has 0 bridgehead atoms. The van der Waals surface area contributed by atoms with Crippen LogP contribution in [0, 0.1) is 18.7 Å². The molecule has 1 fully saturated rings. The van der Waals surface area contributed by atoms with E-state index in [1.165, 1.54) is 0 Å². The van der Waals surface area contributed by atoms with Gasteiger partial charge >= 0.3 is 0 Å². The Morgan fingerprint density at radius 1 is 1.47 bits per heavy atom. The second-order valence-corrected chi connectivity index (χ2v) is 5.12. The van der Waals surface area contributed by atoms with Gasteiger partial charge in [-0.25, -0.2) is 9.07 Å². The first kappa shape index (κ1) is 12.1. The van der Waals surface area contributed by atoms with Gasteiger partial charge in [-0.1, -0.05) is 13.3 Å². The van der Waals surface area contributed by atoms with Crippen molar-refractivity contribution < 1.29 is 4.39 Å². The van der Waals surface area contributed by atoms with Crippen molar-refractivity contribution in [1.29, 1.82) is 0 Å². The highest BCUT2D eigenvalue weighted by Crippen LogP contribution is 2.46. The van der Waals surface area contributed by atoms with Crippen LogP contribution in [0.15, 0.2) is 12.1 Å². The number of nitrogens with zero attached hydrogens (tertiary/aromatic N) is 4. The molecule has 1 aromatic heterocycles. The molecule has 2 N–H and O–H groups in total. The van der Waals surface area contributed by atoms with Crippen LogP contribution in [-0.2, 0) is 0 Å². The van der Waals surface area contributed by atoms with E-state index in [0.29, 0.717) is 28.6 Å². The van der Waals surface area contributed by atoms with Crippen molar-refractivity contribution in [2.75, 3.05) is 5.73 Å². The lowest BCUT2D eigenvalue weighted by Crippen LogP contribution is -2.04. The third-order valence-corrected chi connectivity index (χ3v) is 3.73. The van der Waals surface area contributed by atoms with Crippen molar-refractivity contribution in [1.82, 2.24) is 20.2 Å². The highest BCUT2D eigenvalue weighted by molar-refractivity contribution is 5.63. The van der Waals surface area contributed by atoms with Crippen molar-refractivity contribution in [2.45, 2.75) is 32.7 Å². The van der Waals surface area contributed by atoms with Gasteiger partial charge in [-0.15, -0.1) is 5.10 Å². The Bertz CT molecular complexity index is 621. The predicted octanol–water partition coefficient (Wildman–Crippen LogP) is 2.34. The lowest BCUT2D eigenvalue weighted by molar-refractivity contribution is 0.559. The number of anilines is 1. The van der Waals surface area contributed by atoms with Crippen molar-refractivity contribution >= 4 is 5.69 Å². The summed E-state index contributed by atoms with van der Waals surface area (Å²) >= 11 is 0. The molecule has 1 saturated carbocycles. The fourth-order valence-corrected chi connectivity index (χ4v) is 2.52. The lowest BCUT2D eigenvalue weighted by Gasteiger charge is -2.08. The molecule has 1 heterocycles. The van der Waals surface area contributed by atoms with E-state index in [1.807, 2.05) is 0 Å². The van der Waals surface area contributed by atoms with E-state index in [-0.39, 0.29) is 11.9 Å². The van der Waals surface area contributed by atoms with E-state index in [4.69, 9.17) is 5.73 Å². The molecule has 5 nitrogen and oxygen atoms in total. The molecule has 100 valence electrons. The number of nitrogen functional groups attached to an aromatic ring is 1. The van der Waals surface area contributed by atoms with E-state index < -0.39 is 0 Å². The van der Waals surface area contributed by atoms with Crippen LogP contribution in [0.5, 0.6) is 0 Å². The van der Waals surface area contributed by atoms with E-state index >= 15 is 0 Å². The molecule has 0 saturated heterocycles. The Labute approximate surface area is 110 Å². The number of halogens is 1. The van der Waals surface area contributed by atoms with Crippen LogP contribution in [-0.4, -0.2) is 20.2 Å². The van der Waals surface area contributed by atoms with Gasteiger partial charge in [0.25, 0.3) is 0 Å². The summed E-state index contributed by atoms with van der Waals surface area (Å²) in [4.78, 5) is 0. The Hall–Kier alpha value is -1.98. The summed E-state index contributed by atoms with van der Waals surface area (Å²) in [6.45, 7) is 3.83. The van der Waals surface area contributed by atoms with Crippen LogP contribution in [0.4, 0.5) is 10.1 Å². The second kappa shape index (κ2) is 4.29. The Morgan fingerprint density at radius 2 is 2.26 bits per heavy atom. The minimum atomic E-state index is -0.307. The summed E-state index contributed by atoms with van der Waals surface area (Å²) in [5, 5.41) is 11.7. The topological polar surface area (TPSA) is 69.6 Å². The third-order valence-electron chi connectivity index (χ3n) is 3.73. The fraction of sp³-hybridized carbons (Fsp3) is 0.462. The zero-order valence-electron chi connectivity index (χ0n) is 11.0. The molecule has 0 amide bonds. The van der Waals surface area contributed by atoms with Gasteiger partial charge in [-0.3, -0.25) is 0 Å². The predicted molar refractivity (Wildman–Crippen MR) is 69.8 cm³/mol. The molecular weight excluding hydrogens is 245 g/mol. The number of nitrogens with two attached hydrogens (primary N) is 1. The van der Waals surface area contributed by atoms with Crippen LogP contribution in [0.1, 0.15) is 31.4 Å². The highest BCUT2D eigenvalue weighted by atomic mass is 19.1. The average Bonchev–Trinajstić information content (AvgIpc) is 3.01. The summed E-state index contributed by atoms with van der Waals surface area (Å²) in [5.74, 6) is 0.750. The lowest BCUT2D eigenvalue weighted by atomic mass is 10.1. The molecule has 1 aromatic carbocycles. The molecular formula is C13H16FN5. The Morgan fingerprint density at radius 3 is 2.95 bits per heavy atom. The second-order valence-electron chi connectivity index (χ2n) is 5.12. The van der Waals surface area contributed by atoms with E-state index in [1.54, 1.807) is 23.7 Å². The summed E-state index contributed by atoms with van der Waals surface area (Å²) in [5.41, 5.74) is 7.19. The summed E-state index contributed by atoms with van der Waals surface area (Å²) < 4.78 is 16.0. The quantitative estimate of drug-likeness (QED) is 0.861. The summed E-state index contributed by atoms with van der Waals surface area (Å²) in [6.07, 6.45) is 2.14. The molecule has 3 rings (SSSR count). The zero-order valence-corrected chi connectivity index (χ0v) is 11.0. The van der Waals surface area contributed by atoms with Crippen LogP contribution < -0.4 is 5.73 Å². The normalized spacial score (nSPS) is 21.6. The molecule has 1 aliphatic carbocycles. The number of aryl methyl sites for hydroxylation is 1. The first-order valence-corrected chi connectivity index (χ1v) is 6.45. The molecule has 0 spiro atoms. The molecule has 2 atom stereocenters. The van der Waals surface area contributed by atoms with Crippen molar-refractivity contribution in [2.24, 2.45) is 5.92 Å². The highest BCUT2D eigenvalue weighted by Gasteiger charge is 2.40. The fourth-order valence-electron chi connectivity index (χ4n) is 2.52. The minimum absolute atomic E-state index is 0.288. The number of rotatable bonds is 3. The molecule has 1 aliphatic rings. The van der Waals surface area contributed by atoms with Gasteiger partial charge in [0, 0.05) is 5.69 Å². The Kier molecular flexibility index (Phi) is 2.73. The van der Waals surface area contributed by atoms with Gasteiger partial charge in [0.2, 0.25) is 0 Å². The minimum Gasteiger partial charge on any atom is -0.399 e. The maximum Gasteiger partial charge on any atom is 0.185 e. The zero-order chi connectivity index (χ0) is 13.6. The number of benzene rings is 1. The molecule has 0 radical (unpaired) electrons.